The maximum Gasteiger partial charge on any atom is 0.248 e. The van der Waals surface area contributed by atoms with Crippen molar-refractivity contribution in [3.05, 3.63) is 40.7 Å². The van der Waals surface area contributed by atoms with Gasteiger partial charge in [-0.15, -0.1) is 0 Å². The second-order valence-corrected chi connectivity index (χ2v) is 12.0. The third-order valence-corrected chi connectivity index (χ3v) is 8.54. The van der Waals surface area contributed by atoms with Gasteiger partial charge in [-0.1, -0.05) is 32.1 Å². The lowest BCUT2D eigenvalue weighted by Crippen LogP contribution is -2.44. The number of fused-ring (bicyclic) bond motifs is 1. The van der Waals surface area contributed by atoms with Crippen LogP contribution >= 0.6 is 0 Å². The molecular formula is C32H50N4O3. The maximum atomic E-state index is 13.5. The van der Waals surface area contributed by atoms with Crippen molar-refractivity contribution in [1.29, 1.82) is 0 Å². The number of amides is 1. The monoisotopic (exact) mass is 538 g/mol. The van der Waals surface area contributed by atoms with Crippen LogP contribution in [-0.4, -0.2) is 85.1 Å². The van der Waals surface area contributed by atoms with Gasteiger partial charge >= 0.3 is 0 Å². The van der Waals surface area contributed by atoms with Crippen LogP contribution in [0.15, 0.2) is 35.1 Å². The zero-order valence-corrected chi connectivity index (χ0v) is 24.3. The zero-order valence-electron chi connectivity index (χ0n) is 24.3. The normalized spacial score (nSPS) is 19.3. The molecule has 2 fully saturated rings. The summed E-state index contributed by atoms with van der Waals surface area (Å²) in [5, 5.41) is 0.956. The summed E-state index contributed by atoms with van der Waals surface area (Å²) in [6, 6.07) is 9.69. The minimum Gasteiger partial charge on any atom is -0.494 e. The molecule has 1 aromatic carbocycles. The van der Waals surface area contributed by atoms with E-state index >= 15 is 0 Å². The molecule has 1 amide bonds. The molecule has 2 heterocycles. The Labute approximate surface area is 234 Å². The maximum absolute atomic E-state index is 13.5. The highest BCUT2D eigenvalue weighted by atomic mass is 16.5. The van der Waals surface area contributed by atoms with E-state index in [4.69, 9.17) is 4.74 Å². The molecule has 7 heteroatoms. The molecule has 1 aliphatic heterocycles. The SMILES string of the molecule is CN(C)C[C@H]1CCCN1CCN(CC1CCCCCCC1)C(=O)CCCCOc1ccc2[nH]c(=O)ccc2c1. The summed E-state index contributed by atoms with van der Waals surface area (Å²) < 4.78 is 5.96. The molecule has 1 saturated heterocycles. The van der Waals surface area contributed by atoms with Crippen LogP contribution in [0.5, 0.6) is 5.75 Å². The first-order valence-electron chi connectivity index (χ1n) is 15.4. The number of nitrogens with one attached hydrogen (secondary N) is 1. The molecule has 1 aromatic heterocycles. The van der Waals surface area contributed by atoms with E-state index in [2.05, 4.69) is 33.8 Å². The topological polar surface area (TPSA) is 68.9 Å². The quantitative estimate of drug-likeness (QED) is 0.351. The zero-order chi connectivity index (χ0) is 27.5. The number of nitrogens with zero attached hydrogens (tertiary/aromatic N) is 3. The average molecular weight is 539 g/mol. The van der Waals surface area contributed by atoms with Gasteiger partial charge in [0, 0.05) is 55.6 Å². The number of hydrogen-bond acceptors (Lipinski definition) is 5. The van der Waals surface area contributed by atoms with Gasteiger partial charge in [-0.25, -0.2) is 0 Å². The van der Waals surface area contributed by atoms with Crippen molar-refractivity contribution >= 4 is 16.8 Å². The Kier molecular flexibility index (Phi) is 11.7. The Balaban J connectivity index is 1.26. The highest BCUT2D eigenvalue weighted by molar-refractivity contribution is 5.79. The van der Waals surface area contributed by atoms with Crippen molar-refractivity contribution < 1.29 is 9.53 Å². The van der Waals surface area contributed by atoms with E-state index in [1.165, 1.54) is 63.9 Å². The molecule has 1 atom stereocenters. The molecule has 0 radical (unpaired) electrons. The van der Waals surface area contributed by atoms with Crippen molar-refractivity contribution in [3.63, 3.8) is 0 Å². The predicted octanol–water partition coefficient (Wildman–Crippen LogP) is 5.29. The van der Waals surface area contributed by atoms with Crippen molar-refractivity contribution in [2.75, 3.05) is 53.4 Å². The van der Waals surface area contributed by atoms with Crippen LogP contribution in [0.1, 0.15) is 77.0 Å². The van der Waals surface area contributed by atoms with Gasteiger partial charge in [0.05, 0.1) is 6.61 Å². The first-order valence-corrected chi connectivity index (χ1v) is 15.4. The molecule has 1 saturated carbocycles. The van der Waals surface area contributed by atoms with Gasteiger partial charge in [0.25, 0.3) is 0 Å². The number of likely N-dealkylation sites (N-methyl/N-ethyl adjacent to an activating group) is 1. The van der Waals surface area contributed by atoms with E-state index in [0.29, 0.717) is 30.9 Å². The number of ether oxygens (including phenoxy) is 1. The first kappa shape index (κ1) is 29.6. The standard InChI is InChI=1S/C32H50N4O3/c1-34(2)25-28-13-10-19-35(28)20-21-36(24-26-11-6-4-3-5-7-12-26)32(38)14-8-9-22-39-29-16-17-30-27(23-29)15-18-31(37)33-30/h15-18,23,26,28H,3-14,19-22,24-25H2,1-2H3,(H,33,37)/t28-/m1/s1. The van der Waals surface area contributed by atoms with Crippen molar-refractivity contribution in [3.8, 4) is 5.75 Å². The second-order valence-electron chi connectivity index (χ2n) is 12.0. The summed E-state index contributed by atoms with van der Waals surface area (Å²) >= 11 is 0. The molecule has 1 N–H and O–H groups in total. The van der Waals surface area contributed by atoms with Crippen LogP contribution in [0.25, 0.3) is 10.9 Å². The summed E-state index contributed by atoms with van der Waals surface area (Å²) in [5.74, 6) is 1.76. The number of hydrogen-bond donors (Lipinski definition) is 1. The number of benzene rings is 1. The lowest BCUT2D eigenvalue weighted by atomic mass is 9.90. The third kappa shape index (κ3) is 9.64. The van der Waals surface area contributed by atoms with E-state index in [-0.39, 0.29) is 5.56 Å². The molecule has 2 aromatic rings. The van der Waals surface area contributed by atoms with E-state index in [0.717, 1.165) is 62.2 Å². The van der Waals surface area contributed by atoms with E-state index in [1.54, 1.807) is 0 Å². The number of unbranched alkanes of at least 4 members (excludes halogenated alkanes) is 1. The lowest BCUT2D eigenvalue weighted by Gasteiger charge is -2.32. The fourth-order valence-electron chi connectivity index (χ4n) is 6.37. The van der Waals surface area contributed by atoms with Gasteiger partial charge in [-0.05, 0) is 89.3 Å². The van der Waals surface area contributed by atoms with Gasteiger partial charge in [0.2, 0.25) is 11.5 Å². The second kappa shape index (κ2) is 15.4. The minimum atomic E-state index is -0.0989. The summed E-state index contributed by atoms with van der Waals surface area (Å²) in [5.41, 5.74) is 0.713. The number of rotatable bonds is 13. The number of likely N-dealkylation sites (tertiary alicyclic amines) is 1. The Morgan fingerprint density at radius 2 is 1.77 bits per heavy atom. The summed E-state index contributed by atoms with van der Waals surface area (Å²) in [4.78, 5) is 34.9. The van der Waals surface area contributed by atoms with Crippen LogP contribution in [0.4, 0.5) is 0 Å². The Bertz CT molecular complexity index is 1080. The molecule has 7 nitrogen and oxygen atoms in total. The number of H-pyrrole nitrogens is 1. The highest BCUT2D eigenvalue weighted by Crippen LogP contribution is 2.24. The van der Waals surface area contributed by atoms with Crippen LogP contribution in [0, 0.1) is 5.92 Å². The molecule has 0 unspecified atom stereocenters. The fraction of sp³-hybridized carbons (Fsp3) is 0.688. The van der Waals surface area contributed by atoms with Crippen molar-refractivity contribution in [1.82, 2.24) is 19.7 Å². The summed E-state index contributed by atoms with van der Waals surface area (Å²) in [7, 11) is 4.32. The molecule has 39 heavy (non-hydrogen) atoms. The van der Waals surface area contributed by atoms with E-state index in [1.807, 2.05) is 24.3 Å². The smallest absolute Gasteiger partial charge is 0.248 e. The number of carbonyl (C=O) groups is 1. The average Bonchev–Trinajstić information content (AvgIpc) is 3.33. The van der Waals surface area contributed by atoms with Gasteiger partial charge < -0.3 is 19.5 Å². The third-order valence-electron chi connectivity index (χ3n) is 8.54. The largest absolute Gasteiger partial charge is 0.494 e. The number of pyridine rings is 1. The minimum absolute atomic E-state index is 0.0989. The molecule has 2 aliphatic rings. The van der Waals surface area contributed by atoms with Crippen molar-refractivity contribution in [2.24, 2.45) is 5.92 Å². The van der Waals surface area contributed by atoms with E-state index in [9.17, 15) is 9.59 Å². The number of carbonyl (C=O) groups excluding carboxylic acids is 1. The molecule has 4 rings (SSSR count). The van der Waals surface area contributed by atoms with Gasteiger partial charge in [0.15, 0.2) is 0 Å². The van der Waals surface area contributed by atoms with Crippen LogP contribution < -0.4 is 10.3 Å². The van der Waals surface area contributed by atoms with Crippen LogP contribution in [0.3, 0.4) is 0 Å². The molecule has 216 valence electrons. The molecular weight excluding hydrogens is 488 g/mol. The molecule has 1 aliphatic carbocycles. The number of aromatic amines is 1. The van der Waals surface area contributed by atoms with Crippen molar-refractivity contribution in [2.45, 2.75) is 83.1 Å². The van der Waals surface area contributed by atoms with Crippen LogP contribution in [0.2, 0.25) is 0 Å². The Morgan fingerprint density at radius 1 is 0.974 bits per heavy atom. The highest BCUT2D eigenvalue weighted by Gasteiger charge is 2.26. The molecule has 0 spiro atoms. The first-order chi connectivity index (χ1) is 19.0. The lowest BCUT2D eigenvalue weighted by molar-refractivity contribution is -0.132. The predicted molar refractivity (Wildman–Crippen MR) is 159 cm³/mol. The summed E-state index contributed by atoms with van der Waals surface area (Å²) in [6.07, 6.45) is 14.0. The Morgan fingerprint density at radius 3 is 2.56 bits per heavy atom. The van der Waals surface area contributed by atoms with E-state index < -0.39 is 0 Å². The van der Waals surface area contributed by atoms with Gasteiger partial charge in [0.1, 0.15) is 5.75 Å². The van der Waals surface area contributed by atoms with Crippen LogP contribution in [-0.2, 0) is 4.79 Å². The van der Waals surface area contributed by atoms with Gasteiger partial charge in [-0.3, -0.25) is 14.5 Å². The summed E-state index contributed by atoms with van der Waals surface area (Å²) in [6.45, 7) is 5.63. The Hall–Kier alpha value is -2.38. The fourth-order valence-corrected chi connectivity index (χ4v) is 6.37. The van der Waals surface area contributed by atoms with Gasteiger partial charge in [-0.2, -0.15) is 0 Å². The molecule has 0 bridgehead atoms. The number of aromatic nitrogens is 1.